The summed E-state index contributed by atoms with van der Waals surface area (Å²) in [6.07, 6.45) is 7.83. The van der Waals surface area contributed by atoms with Crippen LogP contribution < -0.4 is 20.1 Å². The molecular formula is C29H27ClF2N6O2. The Morgan fingerprint density at radius 3 is 2.75 bits per heavy atom. The van der Waals surface area contributed by atoms with Crippen LogP contribution in [0.5, 0.6) is 17.2 Å². The van der Waals surface area contributed by atoms with Gasteiger partial charge in [-0.2, -0.15) is 10.2 Å². The highest BCUT2D eigenvalue weighted by molar-refractivity contribution is 6.35. The van der Waals surface area contributed by atoms with Gasteiger partial charge < -0.3 is 20.1 Å². The lowest BCUT2D eigenvalue weighted by Gasteiger charge is -2.35. The zero-order chi connectivity index (χ0) is 28.1. The second-order valence-electron chi connectivity index (χ2n) is 9.29. The summed E-state index contributed by atoms with van der Waals surface area (Å²) in [6.45, 7) is 1.91. The van der Waals surface area contributed by atoms with Crippen molar-refractivity contribution in [3.63, 3.8) is 0 Å². The van der Waals surface area contributed by atoms with Crippen LogP contribution in [-0.4, -0.2) is 46.9 Å². The van der Waals surface area contributed by atoms with Crippen LogP contribution in [0.4, 0.5) is 14.5 Å². The molecule has 5 rings (SSSR count). The number of nitrogens with two attached hydrogens (primary N) is 1. The highest BCUT2D eigenvalue weighted by Crippen LogP contribution is 2.44. The largest absolute Gasteiger partial charge is 0.493 e. The number of ether oxygens (including phenoxy) is 2. The molecule has 1 aliphatic heterocycles. The van der Waals surface area contributed by atoms with E-state index < -0.39 is 11.6 Å². The van der Waals surface area contributed by atoms with E-state index in [2.05, 4.69) is 25.1 Å². The predicted molar refractivity (Wildman–Crippen MR) is 151 cm³/mol. The van der Waals surface area contributed by atoms with Gasteiger partial charge in [0, 0.05) is 36.5 Å². The van der Waals surface area contributed by atoms with Crippen LogP contribution in [0, 0.1) is 11.7 Å². The van der Waals surface area contributed by atoms with Crippen molar-refractivity contribution in [1.29, 1.82) is 0 Å². The normalized spacial score (nSPS) is 15.7. The maximum atomic E-state index is 15.7. The fourth-order valence-corrected chi connectivity index (χ4v) is 4.98. The van der Waals surface area contributed by atoms with Gasteiger partial charge in [0.25, 0.3) is 0 Å². The molecule has 1 fully saturated rings. The molecule has 2 N–H and O–H groups in total. The fraction of sp³-hybridized carbons (Fsp3) is 0.241. The second kappa shape index (κ2) is 12.4. The molecule has 40 heavy (non-hydrogen) atoms. The first-order valence-corrected chi connectivity index (χ1v) is 13.1. The minimum atomic E-state index is -0.566. The SMILES string of the molecule is COc1cc(F)ccc1Oc1ccc(/C=C(\F)c2ccnc(-c3ccnnc3)n2)c(N2CCCC(CN)C2)c1Cl. The van der Waals surface area contributed by atoms with E-state index in [4.69, 9.17) is 26.8 Å². The van der Waals surface area contributed by atoms with E-state index in [0.717, 1.165) is 12.8 Å². The quantitative estimate of drug-likeness (QED) is 0.271. The Hall–Kier alpha value is -4.15. The molecule has 11 heteroatoms. The monoisotopic (exact) mass is 564 g/mol. The highest BCUT2D eigenvalue weighted by atomic mass is 35.5. The Labute approximate surface area is 235 Å². The van der Waals surface area contributed by atoms with Crippen molar-refractivity contribution in [1.82, 2.24) is 20.2 Å². The number of rotatable bonds is 8. The van der Waals surface area contributed by atoms with Crippen molar-refractivity contribution in [2.24, 2.45) is 11.7 Å². The first-order chi connectivity index (χ1) is 19.5. The fourth-order valence-electron chi connectivity index (χ4n) is 4.65. The van der Waals surface area contributed by atoms with Crippen molar-refractivity contribution in [3.8, 4) is 28.6 Å². The van der Waals surface area contributed by atoms with Crippen LogP contribution in [0.3, 0.4) is 0 Å². The van der Waals surface area contributed by atoms with Gasteiger partial charge in [-0.15, -0.1) is 0 Å². The minimum absolute atomic E-state index is 0.110. The van der Waals surface area contributed by atoms with Gasteiger partial charge in [0.1, 0.15) is 28.1 Å². The highest BCUT2D eigenvalue weighted by Gasteiger charge is 2.25. The third-order valence-corrected chi connectivity index (χ3v) is 7.02. The lowest BCUT2D eigenvalue weighted by Crippen LogP contribution is -2.38. The number of hydrogen-bond acceptors (Lipinski definition) is 8. The van der Waals surface area contributed by atoms with Crippen molar-refractivity contribution >= 4 is 29.2 Å². The zero-order valence-corrected chi connectivity index (χ0v) is 22.5. The Bertz CT molecular complexity index is 1520. The summed E-state index contributed by atoms with van der Waals surface area (Å²) in [4.78, 5) is 10.7. The third-order valence-electron chi connectivity index (χ3n) is 6.65. The number of halogens is 3. The van der Waals surface area contributed by atoms with Gasteiger partial charge in [0.15, 0.2) is 17.3 Å². The van der Waals surface area contributed by atoms with E-state index in [-0.39, 0.29) is 22.4 Å². The van der Waals surface area contributed by atoms with Gasteiger partial charge in [-0.25, -0.2) is 18.7 Å². The molecule has 0 bridgehead atoms. The average molecular weight is 565 g/mol. The van der Waals surface area contributed by atoms with E-state index in [1.807, 2.05) is 0 Å². The maximum absolute atomic E-state index is 15.7. The third kappa shape index (κ3) is 6.03. The van der Waals surface area contributed by atoms with Crippen LogP contribution in [0.1, 0.15) is 24.1 Å². The molecule has 2 aromatic heterocycles. The molecule has 0 saturated carbocycles. The average Bonchev–Trinajstić information content (AvgIpc) is 2.99. The van der Waals surface area contributed by atoms with Gasteiger partial charge in [-0.05, 0) is 67.8 Å². The maximum Gasteiger partial charge on any atom is 0.169 e. The summed E-state index contributed by atoms with van der Waals surface area (Å²) in [5.74, 6) is 0.412. The topological polar surface area (TPSA) is 99.3 Å². The van der Waals surface area contributed by atoms with Gasteiger partial charge >= 0.3 is 0 Å². The van der Waals surface area contributed by atoms with Gasteiger partial charge in [-0.1, -0.05) is 11.6 Å². The molecule has 2 aromatic carbocycles. The van der Waals surface area contributed by atoms with Crippen molar-refractivity contribution in [2.75, 3.05) is 31.6 Å². The van der Waals surface area contributed by atoms with Crippen LogP contribution in [0.15, 0.2) is 61.1 Å². The summed E-state index contributed by atoms with van der Waals surface area (Å²) in [6, 6.07) is 10.5. The van der Waals surface area contributed by atoms with Crippen molar-refractivity contribution in [3.05, 3.63) is 83.2 Å². The van der Waals surface area contributed by atoms with Crippen LogP contribution in [0.2, 0.25) is 5.02 Å². The van der Waals surface area contributed by atoms with E-state index in [0.29, 0.717) is 53.8 Å². The molecule has 3 heterocycles. The number of benzene rings is 2. The molecule has 1 atom stereocenters. The molecule has 0 amide bonds. The number of methoxy groups -OCH3 is 1. The molecular weight excluding hydrogens is 538 g/mol. The summed E-state index contributed by atoms with van der Waals surface area (Å²) in [5.41, 5.74) is 7.88. The number of aromatic nitrogens is 4. The number of hydrogen-bond donors (Lipinski definition) is 1. The number of anilines is 1. The second-order valence-corrected chi connectivity index (χ2v) is 9.67. The van der Waals surface area contributed by atoms with E-state index in [1.165, 1.54) is 56.0 Å². The van der Waals surface area contributed by atoms with Crippen LogP contribution >= 0.6 is 11.6 Å². The van der Waals surface area contributed by atoms with Gasteiger partial charge in [0.05, 0.1) is 25.2 Å². The van der Waals surface area contributed by atoms with Crippen LogP contribution in [0.25, 0.3) is 23.3 Å². The Balaban J connectivity index is 1.55. The van der Waals surface area contributed by atoms with Crippen molar-refractivity contribution in [2.45, 2.75) is 12.8 Å². The molecule has 0 spiro atoms. The van der Waals surface area contributed by atoms with E-state index >= 15 is 4.39 Å². The molecule has 4 aromatic rings. The Kier molecular flexibility index (Phi) is 8.47. The standard InChI is InChI=1S/C29H27ClF2N6O2/c1-39-26-14-21(31)5-7-24(26)40-25-6-4-19(28(27(25)30)38-12-2-3-18(15-33)17-38)13-22(32)23-9-10-34-29(37-23)20-8-11-35-36-16-20/h4-11,13-14,16,18H,2-3,12,15,17,33H2,1H3/b22-13-. The summed E-state index contributed by atoms with van der Waals surface area (Å²) in [7, 11) is 1.43. The molecule has 0 radical (unpaired) electrons. The first-order valence-electron chi connectivity index (χ1n) is 12.7. The molecule has 1 saturated heterocycles. The minimum Gasteiger partial charge on any atom is -0.493 e. The number of nitrogens with zero attached hydrogens (tertiary/aromatic N) is 5. The van der Waals surface area contributed by atoms with E-state index in [1.54, 1.807) is 18.2 Å². The summed E-state index contributed by atoms with van der Waals surface area (Å²) in [5, 5.41) is 7.88. The lowest BCUT2D eigenvalue weighted by molar-refractivity contribution is 0.375. The van der Waals surface area contributed by atoms with Gasteiger partial charge in [0.2, 0.25) is 0 Å². The molecule has 206 valence electrons. The van der Waals surface area contributed by atoms with Crippen molar-refractivity contribution < 1.29 is 18.3 Å². The zero-order valence-electron chi connectivity index (χ0n) is 21.7. The summed E-state index contributed by atoms with van der Waals surface area (Å²) < 4.78 is 40.8. The first kappa shape index (κ1) is 27.4. The molecule has 1 unspecified atom stereocenters. The van der Waals surface area contributed by atoms with Crippen LogP contribution in [-0.2, 0) is 0 Å². The number of piperidine rings is 1. The smallest absolute Gasteiger partial charge is 0.169 e. The predicted octanol–water partition coefficient (Wildman–Crippen LogP) is 6.17. The molecule has 1 aliphatic rings. The molecule has 8 nitrogen and oxygen atoms in total. The Morgan fingerprint density at radius 2 is 1.98 bits per heavy atom. The lowest BCUT2D eigenvalue weighted by atomic mass is 9.96. The Morgan fingerprint density at radius 1 is 1.12 bits per heavy atom. The summed E-state index contributed by atoms with van der Waals surface area (Å²) >= 11 is 6.95. The molecule has 0 aliphatic carbocycles. The van der Waals surface area contributed by atoms with Gasteiger partial charge in [-0.3, -0.25) is 0 Å². The van der Waals surface area contributed by atoms with E-state index in [9.17, 15) is 4.39 Å².